The molecule has 2 heteroatoms. The molecule has 0 bridgehead atoms. The Hall–Kier alpha value is -1.02. The van der Waals surface area contributed by atoms with Crippen LogP contribution >= 0.6 is 0 Å². The summed E-state index contributed by atoms with van der Waals surface area (Å²) in [7, 11) is 3.78. The Bertz CT molecular complexity index is 324. The summed E-state index contributed by atoms with van der Waals surface area (Å²) in [6.45, 7) is 0. The molecule has 0 radical (unpaired) electrons. The summed E-state index contributed by atoms with van der Waals surface area (Å²) in [5.41, 5.74) is 1.42. The molecule has 1 aliphatic rings. The van der Waals surface area contributed by atoms with E-state index in [4.69, 9.17) is 4.74 Å². The Labute approximate surface area is 91.6 Å². The molecule has 2 nitrogen and oxygen atoms in total. The molecule has 1 fully saturated rings. The third-order valence-electron chi connectivity index (χ3n) is 3.41. The summed E-state index contributed by atoms with van der Waals surface area (Å²) in [6.07, 6.45) is 3.83. The largest absolute Gasteiger partial charge is 0.497 e. The molecule has 0 aliphatic heterocycles. The van der Waals surface area contributed by atoms with Gasteiger partial charge in [0.05, 0.1) is 7.11 Å². The minimum absolute atomic E-state index is 0.696. The molecule has 0 spiro atoms. The van der Waals surface area contributed by atoms with Crippen molar-refractivity contribution >= 4 is 0 Å². The average molecular weight is 205 g/mol. The Morgan fingerprint density at radius 2 is 2.20 bits per heavy atom. The molecule has 82 valence electrons. The van der Waals surface area contributed by atoms with Crippen molar-refractivity contribution in [2.75, 3.05) is 14.2 Å². The highest BCUT2D eigenvalue weighted by Crippen LogP contribution is 2.35. The molecule has 1 aliphatic carbocycles. The van der Waals surface area contributed by atoms with Gasteiger partial charge in [0.2, 0.25) is 0 Å². The van der Waals surface area contributed by atoms with Crippen molar-refractivity contribution in [2.45, 2.75) is 31.2 Å². The zero-order chi connectivity index (χ0) is 10.7. The Morgan fingerprint density at radius 1 is 1.33 bits per heavy atom. The van der Waals surface area contributed by atoms with Crippen molar-refractivity contribution in [1.29, 1.82) is 0 Å². The Morgan fingerprint density at radius 3 is 2.87 bits per heavy atom. The molecule has 0 amide bonds. The maximum absolute atomic E-state index is 5.25. The zero-order valence-corrected chi connectivity index (χ0v) is 9.49. The maximum Gasteiger partial charge on any atom is 0.119 e. The molecule has 2 rings (SSSR count). The van der Waals surface area contributed by atoms with E-state index in [0.717, 1.165) is 5.75 Å². The van der Waals surface area contributed by atoms with Gasteiger partial charge in [0.25, 0.3) is 0 Å². The van der Waals surface area contributed by atoms with Gasteiger partial charge in [-0.1, -0.05) is 12.1 Å². The SMILES string of the molecule is CNC1CCC(c2cccc(OC)c2)C1. The summed E-state index contributed by atoms with van der Waals surface area (Å²) in [5, 5.41) is 3.36. The van der Waals surface area contributed by atoms with E-state index in [9.17, 15) is 0 Å². The van der Waals surface area contributed by atoms with Gasteiger partial charge in [0, 0.05) is 6.04 Å². The highest BCUT2D eigenvalue weighted by molar-refractivity contribution is 5.31. The molecule has 0 saturated heterocycles. The third-order valence-corrected chi connectivity index (χ3v) is 3.41. The minimum atomic E-state index is 0.696. The van der Waals surface area contributed by atoms with Crippen molar-refractivity contribution in [3.05, 3.63) is 29.8 Å². The van der Waals surface area contributed by atoms with Gasteiger partial charge >= 0.3 is 0 Å². The van der Waals surface area contributed by atoms with Crippen LogP contribution in [0.3, 0.4) is 0 Å². The van der Waals surface area contributed by atoms with Crippen LogP contribution in [0.25, 0.3) is 0 Å². The molecule has 1 N–H and O–H groups in total. The predicted octanol–water partition coefficient (Wildman–Crippen LogP) is 2.55. The van der Waals surface area contributed by atoms with E-state index in [1.807, 2.05) is 6.07 Å². The molecule has 0 heterocycles. The van der Waals surface area contributed by atoms with Crippen LogP contribution in [0.1, 0.15) is 30.7 Å². The molecule has 1 saturated carbocycles. The fourth-order valence-corrected chi connectivity index (χ4v) is 2.44. The summed E-state index contributed by atoms with van der Waals surface area (Å²) in [4.78, 5) is 0. The van der Waals surface area contributed by atoms with Crippen LogP contribution in [0.15, 0.2) is 24.3 Å². The summed E-state index contributed by atoms with van der Waals surface area (Å²) < 4.78 is 5.25. The van der Waals surface area contributed by atoms with Crippen molar-refractivity contribution in [1.82, 2.24) is 5.32 Å². The monoisotopic (exact) mass is 205 g/mol. The second-order valence-electron chi connectivity index (χ2n) is 4.27. The molecule has 0 aromatic heterocycles. The molecule has 2 atom stereocenters. The molecule has 15 heavy (non-hydrogen) atoms. The van der Waals surface area contributed by atoms with Gasteiger partial charge < -0.3 is 10.1 Å². The second-order valence-corrected chi connectivity index (χ2v) is 4.27. The highest BCUT2D eigenvalue weighted by atomic mass is 16.5. The maximum atomic E-state index is 5.25. The van der Waals surface area contributed by atoms with Gasteiger partial charge in [-0.25, -0.2) is 0 Å². The quantitative estimate of drug-likeness (QED) is 0.818. The number of nitrogens with one attached hydrogen (secondary N) is 1. The van der Waals surface area contributed by atoms with Gasteiger partial charge in [-0.3, -0.25) is 0 Å². The first-order valence-corrected chi connectivity index (χ1v) is 5.64. The number of methoxy groups -OCH3 is 1. The third kappa shape index (κ3) is 2.32. The van der Waals surface area contributed by atoms with Crippen LogP contribution in [0.4, 0.5) is 0 Å². The number of ether oxygens (including phenoxy) is 1. The Balaban J connectivity index is 2.09. The first-order chi connectivity index (χ1) is 7.33. The van der Waals surface area contributed by atoms with E-state index in [1.165, 1.54) is 24.8 Å². The van der Waals surface area contributed by atoms with Crippen LogP contribution in [0.5, 0.6) is 5.75 Å². The van der Waals surface area contributed by atoms with Gasteiger partial charge in [0.15, 0.2) is 0 Å². The summed E-state index contributed by atoms with van der Waals surface area (Å²) in [5.74, 6) is 1.68. The van der Waals surface area contributed by atoms with E-state index in [-0.39, 0.29) is 0 Å². The van der Waals surface area contributed by atoms with Crippen LogP contribution in [0, 0.1) is 0 Å². The lowest BCUT2D eigenvalue weighted by Gasteiger charge is -2.12. The predicted molar refractivity (Wildman–Crippen MR) is 62.4 cm³/mol. The van der Waals surface area contributed by atoms with Gasteiger partial charge in [0.1, 0.15) is 5.75 Å². The van der Waals surface area contributed by atoms with E-state index in [1.54, 1.807) is 7.11 Å². The van der Waals surface area contributed by atoms with Crippen LogP contribution in [-0.2, 0) is 0 Å². The van der Waals surface area contributed by atoms with Crippen LogP contribution in [0.2, 0.25) is 0 Å². The van der Waals surface area contributed by atoms with Gasteiger partial charge in [-0.2, -0.15) is 0 Å². The molecular weight excluding hydrogens is 186 g/mol. The lowest BCUT2D eigenvalue weighted by Crippen LogP contribution is -2.21. The molecular formula is C13H19NO. The minimum Gasteiger partial charge on any atom is -0.497 e. The van der Waals surface area contributed by atoms with Crippen molar-refractivity contribution < 1.29 is 4.74 Å². The van der Waals surface area contributed by atoms with Crippen molar-refractivity contribution in [3.8, 4) is 5.75 Å². The fraction of sp³-hybridized carbons (Fsp3) is 0.538. The normalized spacial score (nSPS) is 25.5. The van der Waals surface area contributed by atoms with E-state index >= 15 is 0 Å². The number of benzene rings is 1. The Kier molecular flexibility index (Phi) is 3.27. The summed E-state index contributed by atoms with van der Waals surface area (Å²) >= 11 is 0. The smallest absolute Gasteiger partial charge is 0.119 e. The first kappa shape index (κ1) is 10.5. The van der Waals surface area contributed by atoms with E-state index in [2.05, 4.69) is 30.6 Å². The molecule has 1 aromatic rings. The number of rotatable bonds is 3. The zero-order valence-electron chi connectivity index (χ0n) is 9.49. The molecule has 1 aromatic carbocycles. The van der Waals surface area contributed by atoms with Crippen LogP contribution < -0.4 is 10.1 Å². The summed E-state index contributed by atoms with van der Waals surface area (Å²) in [6, 6.07) is 9.17. The van der Waals surface area contributed by atoms with Gasteiger partial charge in [-0.15, -0.1) is 0 Å². The lowest BCUT2D eigenvalue weighted by molar-refractivity contribution is 0.413. The lowest BCUT2D eigenvalue weighted by atomic mass is 9.97. The standard InChI is InChI=1S/C13H19NO/c1-14-12-7-6-11(8-12)10-4-3-5-13(9-10)15-2/h3-5,9,11-12,14H,6-8H2,1-2H3. The molecule has 2 unspecified atom stereocenters. The first-order valence-electron chi connectivity index (χ1n) is 5.64. The number of hydrogen-bond donors (Lipinski definition) is 1. The fourth-order valence-electron chi connectivity index (χ4n) is 2.44. The number of hydrogen-bond acceptors (Lipinski definition) is 2. The second kappa shape index (κ2) is 4.67. The van der Waals surface area contributed by atoms with Crippen molar-refractivity contribution in [2.24, 2.45) is 0 Å². The highest BCUT2D eigenvalue weighted by Gasteiger charge is 2.24. The average Bonchev–Trinajstić information content (AvgIpc) is 2.78. The van der Waals surface area contributed by atoms with Crippen molar-refractivity contribution in [3.63, 3.8) is 0 Å². The van der Waals surface area contributed by atoms with E-state index < -0.39 is 0 Å². The van der Waals surface area contributed by atoms with E-state index in [0.29, 0.717) is 12.0 Å². The van der Waals surface area contributed by atoms with Gasteiger partial charge in [-0.05, 0) is 49.9 Å². The topological polar surface area (TPSA) is 21.3 Å². The van der Waals surface area contributed by atoms with Crippen LogP contribution in [-0.4, -0.2) is 20.2 Å².